The Kier molecular flexibility index (Phi) is 4.31. The maximum atomic E-state index is 11.4. The molecule has 5 nitrogen and oxygen atoms in total. The molecule has 0 atom stereocenters. The van der Waals surface area contributed by atoms with Gasteiger partial charge in [-0.2, -0.15) is 0 Å². The van der Waals surface area contributed by atoms with Gasteiger partial charge in [0.25, 0.3) is 0 Å². The lowest BCUT2D eigenvalue weighted by molar-refractivity contribution is -0.142. The first-order chi connectivity index (χ1) is 9.13. The fourth-order valence-corrected chi connectivity index (χ4v) is 2.87. The van der Waals surface area contributed by atoms with Crippen LogP contribution in [0.3, 0.4) is 0 Å². The third kappa shape index (κ3) is 3.01. The lowest BCUT2D eigenvalue weighted by atomic mass is 10.3. The lowest BCUT2D eigenvalue weighted by Crippen LogP contribution is -2.23. The molecule has 2 aromatic rings. The molecule has 0 fully saturated rings. The van der Waals surface area contributed by atoms with Crippen molar-refractivity contribution in [1.82, 2.24) is 9.97 Å². The first-order valence-electron chi connectivity index (χ1n) is 6.19. The van der Waals surface area contributed by atoms with E-state index in [1.54, 1.807) is 17.7 Å². The molecule has 0 spiro atoms. The zero-order valence-electron chi connectivity index (χ0n) is 11.3. The van der Waals surface area contributed by atoms with E-state index < -0.39 is 0 Å². The van der Waals surface area contributed by atoms with Gasteiger partial charge in [0.1, 0.15) is 12.1 Å². The van der Waals surface area contributed by atoms with Gasteiger partial charge in [0.2, 0.25) is 0 Å². The predicted octanol–water partition coefficient (Wildman–Crippen LogP) is 2.39. The topological polar surface area (TPSA) is 55.3 Å². The zero-order chi connectivity index (χ0) is 13.8. The van der Waals surface area contributed by atoms with Gasteiger partial charge in [-0.05, 0) is 24.8 Å². The molecular formula is C13H17N3O2S. The second kappa shape index (κ2) is 5.97. The molecule has 0 bridgehead atoms. The summed E-state index contributed by atoms with van der Waals surface area (Å²) >= 11 is 1.63. The number of aromatic nitrogens is 2. The average Bonchev–Trinajstić information content (AvgIpc) is 2.78. The molecule has 102 valence electrons. The smallest absolute Gasteiger partial charge is 0.307 e. The minimum Gasteiger partial charge on any atom is -0.466 e. The number of hydrogen-bond donors (Lipinski definition) is 0. The molecule has 0 N–H and O–H groups in total. The molecule has 0 aliphatic heterocycles. The maximum absolute atomic E-state index is 11.4. The first-order valence-corrected chi connectivity index (χ1v) is 7.07. The van der Waals surface area contributed by atoms with Crippen LogP contribution < -0.4 is 4.90 Å². The SMILES string of the molecule is CCOC(=O)CCN(C)c1ncnc2c(C)csc12. The molecule has 0 amide bonds. The van der Waals surface area contributed by atoms with E-state index in [9.17, 15) is 4.79 Å². The molecule has 0 aliphatic rings. The van der Waals surface area contributed by atoms with Crippen LogP contribution in [0.4, 0.5) is 5.82 Å². The van der Waals surface area contributed by atoms with Gasteiger partial charge >= 0.3 is 5.97 Å². The van der Waals surface area contributed by atoms with Gasteiger partial charge in [-0.1, -0.05) is 0 Å². The molecule has 0 radical (unpaired) electrons. The molecule has 2 rings (SSSR count). The van der Waals surface area contributed by atoms with E-state index >= 15 is 0 Å². The highest BCUT2D eigenvalue weighted by Gasteiger charge is 2.13. The number of esters is 1. The van der Waals surface area contributed by atoms with Crippen LogP contribution >= 0.6 is 11.3 Å². The minimum absolute atomic E-state index is 0.179. The van der Waals surface area contributed by atoms with Crippen LogP contribution in [-0.4, -0.2) is 36.1 Å². The molecule has 19 heavy (non-hydrogen) atoms. The molecule has 0 unspecified atom stereocenters. The first kappa shape index (κ1) is 13.7. The van der Waals surface area contributed by atoms with E-state index in [-0.39, 0.29) is 5.97 Å². The summed E-state index contributed by atoms with van der Waals surface area (Å²) in [7, 11) is 1.93. The molecule has 6 heteroatoms. The van der Waals surface area contributed by atoms with Crippen molar-refractivity contribution in [2.45, 2.75) is 20.3 Å². The van der Waals surface area contributed by atoms with Crippen molar-refractivity contribution in [3.63, 3.8) is 0 Å². The van der Waals surface area contributed by atoms with E-state index in [2.05, 4.69) is 15.3 Å². The Bertz CT molecular complexity index is 582. The standard InChI is InChI=1S/C13H17N3O2S/c1-4-18-10(17)5-6-16(3)13-12-11(14-8-15-13)9(2)7-19-12/h7-8H,4-6H2,1-3H3. The monoisotopic (exact) mass is 279 g/mol. The van der Waals surface area contributed by atoms with Gasteiger partial charge in [0.05, 0.1) is 23.2 Å². The number of aryl methyl sites for hydroxylation is 1. The average molecular weight is 279 g/mol. The summed E-state index contributed by atoms with van der Waals surface area (Å²) in [6.45, 7) is 4.85. The van der Waals surface area contributed by atoms with Crippen molar-refractivity contribution in [1.29, 1.82) is 0 Å². The van der Waals surface area contributed by atoms with Crippen molar-refractivity contribution in [2.24, 2.45) is 0 Å². The zero-order valence-corrected chi connectivity index (χ0v) is 12.2. The summed E-state index contributed by atoms with van der Waals surface area (Å²) in [4.78, 5) is 21.9. The summed E-state index contributed by atoms with van der Waals surface area (Å²) in [5.74, 6) is 0.689. The predicted molar refractivity (Wildman–Crippen MR) is 76.7 cm³/mol. The van der Waals surface area contributed by atoms with Crippen LogP contribution in [-0.2, 0) is 9.53 Å². The van der Waals surface area contributed by atoms with E-state index in [0.717, 1.165) is 21.6 Å². The van der Waals surface area contributed by atoms with Crippen LogP contribution in [0.15, 0.2) is 11.7 Å². The molecule has 0 saturated carbocycles. The number of thiophene rings is 1. The van der Waals surface area contributed by atoms with Crippen LogP contribution in [0.2, 0.25) is 0 Å². The van der Waals surface area contributed by atoms with Crippen LogP contribution in [0.5, 0.6) is 0 Å². The molecule has 2 heterocycles. The van der Waals surface area contributed by atoms with Crippen molar-refractivity contribution in [3.05, 3.63) is 17.3 Å². The highest BCUT2D eigenvalue weighted by atomic mass is 32.1. The van der Waals surface area contributed by atoms with Crippen molar-refractivity contribution < 1.29 is 9.53 Å². The van der Waals surface area contributed by atoms with Crippen LogP contribution in [0.25, 0.3) is 10.2 Å². The summed E-state index contributed by atoms with van der Waals surface area (Å²) < 4.78 is 5.99. The van der Waals surface area contributed by atoms with Gasteiger partial charge in [0, 0.05) is 13.6 Å². The lowest BCUT2D eigenvalue weighted by Gasteiger charge is -2.17. The Labute approximate surface area is 116 Å². The number of fused-ring (bicyclic) bond motifs is 1. The largest absolute Gasteiger partial charge is 0.466 e. The Morgan fingerprint density at radius 1 is 1.47 bits per heavy atom. The summed E-state index contributed by atoms with van der Waals surface area (Å²) in [6, 6.07) is 0. The second-order valence-corrected chi connectivity index (χ2v) is 5.15. The fraction of sp³-hybridized carbons (Fsp3) is 0.462. The van der Waals surface area contributed by atoms with Crippen LogP contribution in [0, 0.1) is 6.92 Å². The Hall–Kier alpha value is -1.69. The minimum atomic E-state index is -0.179. The Morgan fingerprint density at radius 3 is 3.00 bits per heavy atom. The van der Waals surface area contributed by atoms with Gasteiger partial charge < -0.3 is 9.64 Å². The molecule has 0 aromatic carbocycles. The van der Waals surface area contributed by atoms with E-state index in [1.807, 2.05) is 25.8 Å². The number of nitrogens with zero attached hydrogens (tertiary/aromatic N) is 3. The Morgan fingerprint density at radius 2 is 2.26 bits per heavy atom. The quantitative estimate of drug-likeness (QED) is 0.787. The number of hydrogen-bond acceptors (Lipinski definition) is 6. The summed E-state index contributed by atoms with van der Waals surface area (Å²) in [5, 5.41) is 2.07. The third-order valence-electron chi connectivity index (χ3n) is 2.83. The van der Waals surface area contributed by atoms with E-state index in [1.165, 1.54) is 0 Å². The van der Waals surface area contributed by atoms with E-state index in [4.69, 9.17) is 4.74 Å². The normalized spacial score (nSPS) is 10.7. The van der Waals surface area contributed by atoms with Gasteiger partial charge in [-0.25, -0.2) is 9.97 Å². The number of rotatable bonds is 5. The molecule has 2 aromatic heterocycles. The van der Waals surface area contributed by atoms with Crippen molar-refractivity contribution in [3.8, 4) is 0 Å². The fourth-order valence-electron chi connectivity index (χ4n) is 1.83. The molecular weight excluding hydrogens is 262 g/mol. The van der Waals surface area contributed by atoms with Crippen LogP contribution in [0.1, 0.15) is 18.9 Å². The second-order valence-electron chi connectivity index (χ2n) is 4.27. The molecule has 0 saturated heterocycles. The number of ether oxygens (including phenoxy) is 1. The number of carbonyl (C=O) groups excluding carboxylic acids is 1. The number of anilines is 1. The number of carbonyl (C=O) groups is 1. The van der Waals surface area contributed by atoms with Gasteiger partial charge in [-0.15, -0.1) is 11.3 Å². The maximum Gasteiger partial charge on any atom is 0.307 e. The van der Waals surface area contributed by atoms with Crippen molar-refractivity contribution >= 4 is 33.3 Å². The molecule has 0 aliphatic carbocycles. The summed E-state index contributed by atoms with van der Waals surface area (Å²) in [6.07, 6.45) is 1.93. The van der Waals surface area contributed by atoms with Crippen molar-refractivity contribution in [2.75, 3.05) is 25.1 Å². The highest BCUT2D eigenvalue weighted by molar-refractivity contribution is 7.18. The highest BCUT2D eigenvalue weighted by Crippen LogP contribution is 2.30. The van der Waals surface area contributed by atoms with E-state index in [0.29, 0.717) is 19.6 Å². The third-order valence-corrected chi connectivity index (χ3v) is 3.91. The van der Waals surface area contributed by atoms with Gasteiger partial charge in [0.15, 0.2) is 0 Å². The van der Waals surface area contributed by atoms with Gasteiger partial charge in [-0.3, -0.25) is 4.79 Å². The Balaban J connectivity index is 2.13. The summed E-state index contributed by atoms with van der Waals surface area (Å²) in [5.41, 5.74) is 2.14.